The van der Waals surface area contributed by atoms with Gasteiger partial charge in [-0.1, -0.05) is 84.5 Å². The van der Waals surface area contributed by atoms with Crippen LogP contribution in [-0.2, 0) is 9.53 Å². The van der Waals surface area contributed by atoms with Crippen molar-refractivity contribution in [3.05, 3.63) is 0 Å². The molecular weight excluding hydrogens is 328 g/mol. The number of hydrogen-bond acceptors (Lipinski definition) is 2. The molecule has 0 atom stereocenters. The number of ether oxygens (including phenoxy) is 1. The fourth-order valence-corrected chi connectivity index (χ4v) is 2.37. The molecular formula is C18H37BrO2. The Kier molecular flexibility index (Phi) is 22.1. The largest absolute Gasteiger partial charge is 0.466 e. The van der Waals surface area contributed by atoms with Gasteiger partial charge in [0.05, 0.1) is 6.61 Å². The van der Waals surface area contributed by atoms with Crippen molar-refractivity contribution in [1.82, 2.24) is 0 Å². The van der Waals surface area contributed by atoms with Gasteiger partial charge >= 0.3 is 5.97 Å². The van der Waals surface area contributed by atoms with Crippen LogP contribution >= 0.6 is 17.0 Å². The van der Waals surface area contributed by atoms with Gasteiger partial charge in [-0.2, -0.15) is 0 Å². The van der Waals surface area contributed by atoms with E-state index < -0.39 is 0 Å². The van der Waals surface area contributed by atoms with Crippen LogP contribution in [0.5, 0.6) is 0 Å². The second-order valence-corrected chi connectivity index (χ2v) is 5.86. The second kappa shape index (κ2) is 19.9. The SMILES string of the molecule is Br.CCCCCCCCCCCC(=O)OCCCCCC. The molecule has 0 aliphatic rings. The van der Waals surface area contributed by atoms with Crippen LogP contribution in [0.2, 0.25) is 0 Å². The quantitative estimate of drug-likeness (QED) is 0.241. The van der Waals surface area contributed by atoms with Crippen LogP contribution < -0.4 is 0 Å². The van der Waals surface area contributed by atoms with Gasteiger partial charge in [0, 0.05) is 6.42 Å². The summed E-state index contributed by atoms with van der Waals surface area (Å²) in [5, 5.41) is 0. The van der Waals surface area contributed by atoms with Crippen LogP contribution in [0, 0.1) is 0 Å². The molecule has 0 aromatic heterocycles. The van der Waals surface area contributed by atoms with Crippen LogP contribution in [0.15, 0.2) is 0 Å². The van der Waals surface area contributed by atoms with Crippen molar-refractivity contribution in [3.8, 4) is 0 Å². The van der Waals surface area contributed by atoms with E-state index in [2.05, 4.69) is 13.8 Å². The van der Waals surface area contributed by atoms with Crippen molar-refractivity contribution in [3.63, 3.8) is 0 Å². The van der Waals surface area contributed by atoms with Gasteiger partial charge in [0.15, 0.2) is 0 Å². The summed E-state index contributed by atoms with van der Waals surface area (Å²) in [7, 11) is 0. The molecule has 3 heteroatoms. The molecule has 0 spiro atoms. The van der Waals surface area contributed by atoms with Gasteiger partial charge in [0.2, 0.25) is 0 Å². The molecule has 2 nitrogen and oxygen atoms in total. The van der Waals surface area contributed by atoms with E-state index in [0.29, 0.717) is 13.0 Å². The third-order valence-corrected chi connectivity index (χ3v) is 3.75. The summed E-state index contributed by atoms with van der Waals surface area (Å²) in [4.78, 5) is 11.5. The summed E-state index contributed by atoms with van der Waals surface area (Å²) >= 11 is 0. The van der Waals surface area contributed by atoms with E-state index in [1.807, 2.05) is 0 Å². The lowest BCUT2D eigenvalue weighted by molar-refractivity contribution is -0.143. The monoisotopic (exact) mass is 364 g/mol. The molecule has 0 rings (SSSR count). The number of esters is 1. The highest BCUT2D eigenvalue weighted by atomic mass is 79.9. The molecule has 0 N–H and O–H groups in total. The van der Waals surface area contributed by atoms with E-state index in [9.17, 15) is 4.79 Å². The summed E-state index contributed by atoms with van der Waals surface area (Å²) < 4.78 is 5.22. The fourth-order valence-electron chi connectivity index (χ4n) is 2.37. The lowest BCUT2D eigenvalue weighted by Gasteiger charge is -2.05. The maximum atomic E-state index is 11.5. The van der Waals surface area contributed by atoms with E-state index >= 15 is 0 Å². The molecule has 0 saturated heterocycles. The van der Waals surface area contributed by atoms with E-state index in [1.54, 1.807) is 0 Å². The Morgan fingerprint density at radius 3 is 1.62 bits per heavy atom. The smallest absolute Gasteiger partial charge is 0.305 e. The molecule has 0 bridgehead atoms. The summed E-state index contributed by atoms with van der Waals surface area (Å²) in [6.07, 6.45) is 16.9. The van der Waals surface area contributed by atoms with Gasteiger partial charge in [-0.3, -0.25) is 4.79 Å². The van der Waals surface area contributed by atoms with Crippen molar-refractivity contribution in [2.75, 3.05) is 6.61 Å². The first kappa shape index (κ1) is 23.2. The first-order valence-corrected chi connectivity index (χ1v) is 8.96. The Morgan fingerprint density at radius 1 is 0.667 bits per heavy atom. The molecule has 0 aliphatic carbocycles. The maximum absolute atomic E-state index is 11.5. The Morgan fingerprint density at radius 2 is 1.10 bits per heavy atom. The highest BCUT2D eigenvalue weighted by Gasteiger charge is 2.02. The lowest BCUT2D eigenvalue weighted by atomic mass is 10.1. The zero-order chi connectivity index (χ0) is 14.9. The Balaban J connectivity index is 0. The topological polar surface area (TPSA) is 26.3 Å². The molecule has 0 aliphatic heterocycles. The summed E-state index contributed by atoms with van der Waals surface area (Å²) in [5.41, 5.74) is 0. The minimum Gasteiger partial charge on any atom is -0.466 e. The number of unbranched alkanes of at least 4 members (excludes halogenated alkanes) is 11. The highest BCUT2D eigenvalue weighted by Crippen LogP contribution is 2.10. The first-order valence-electron chi connectivity index (χ1n) is 8.96. The number of hydrogen-bond donors (Lipinski definition) is 0. The van der Waals surface area contributed by atoms with Crippen molar-refractivity contribution in [2.45, 2.75) is 104 Å². The minimum atomic E-state index is 0. The van der Waals surface area contributed by atoms with Crippen molar-refractivity contribution >= 4 is 23.0 Å². The summed E-state index contributed by atoms with van der Waals surface area (Å²) in [6, 6.07) is 0. The number of carbonyl (C=O) groups excluding carboxylic acids is 1. The molecule has 0 radical (unpaired) electrons. The van der Waals surface area contributed by atoms with Crippen LogP contribution in [0.1, 0.15) is 104 Å². The van der Waals surface area contributed by atoms with Crippen molar-refractivity contribution < 1.29 is 9.53 Å². The van der Waals surface area contributed by atoms with E-state index in [-0.39, 0.29) is 23.0 Å². The van der Waals surface area contributed by atoms with E-state index in [4.69, 9.17) is 4.74 Å². The number of carbonyl (C=O) groups is 1. The predicted octanol–water partition coefficient (Wildman–Crippen LogP) is 6.61. The highest BCUT2D eigenvalue weighted by molar-refractivity contribution is 8.93. The average Bonchev–Trinajstić information content (AvgIpc) is 2.45. The molecule has 0 aromatic rings. The standard InChI is InChI=1S/C18H36O2.BrH/c1-3-5-7-9-10-11-12-13-14-16-18(19)20-17-15-8-6-4-2;/h3-17H2,1-2H3;1H. The summed E-state index contributed by atoms with van der Waals surface area (Å²) in [5.74, 6) is 0.00412. The Labute approximate surface area is 143 Å². The van der Waals surface area contributed by atoms with Gasteiger partial charge in [-0.05, 0) is 12.8 Å². The number of rotatable bonds is 15. The lowest BCUT2D eigenvalue weighted by Crippen LogP contribution is -2.05. The second-order valence-electron chi connectivity index (χ2n) is 5.86. The molecule has 0 aromatic carbocycles. The fraction of sp³-hybridized carbons (Fsp3) is 0.944. The van der Waals surface area contributed by atoms with Gasteiger partial charge in [-0.15, -0.1) is 17.0 Å². The Bertz CT molecular complexity index is 207. The van der Waals surface area contributed by atoms with Gasteiger partial charge < -0.3 is 4.74 Å². The predicted molar refractivity (Wildman–Crippen MR) is 97.3 cm³/mol. The van der Waals surface area contributed by atoms with Gasteiger partial charge in [-0.25, -0.2) is 0 Å². The molecule has 0 amide bonds. The van der Waals surface area contributed by atoms with Crippen molar-refractivity contribution in [1.29, 1.82) is 0 Å². The van der Waals surface area contributed by atoms with E-state index in [0.717, 1.165) is 12.8 Å². The zero-order valence-corrected chi connectivity index (χ0v) is 16.0. The normalized spacial score (nSPS) is 10.2. The third-order valence-electron chi connectivity index (χ3n) is 3.75. The van der Waals surface area contributed by atoms with E-state index in [1.165, 1.54) is 70.6 Å². The van der Waals surface area contributed by atoms with Crippen LogP contribution in [0.3, 0.4) is 0 Å². The van der Waals surface area contributed by atoms with Crippen LogP contribution in [0.4, 0.5) is 0 Å². The average molecular weight is 365 g/mol. The van der Waals surface area contributed by atoms with Crippen LogP contribution in [0.25, 0.3) is 0 Å². The molecule has 0 fully saturated rings. The first-order chi connectivity index (χ1) is 9.81. The number of halogens is 1. The molecule has 21 heavy (non-hydrogen) atoms. The Hall–Kier alpha value is -0.0500. The van der Waals surface area contributed by atoms with Crippen molar-refractivity contribution in [2.24, 2.45) is 0 Å². The summed E-state index contributed by atoms with van der Waals surface area (Å²) in [6.45, 7) is 5.06. The van der Waals surface area contributed by atoms with Gasteiger partial charge in [0.25, 0.3) is 0 Å². The molecule has 0 heterocycles. The maximum Gasteiger partial charge on any atom is 0.305 e. The minimum absolute atomic E-state index is 0. The molecule has 0 saturated carbocycles. The zero-order valence-electron chi connectivity index (χ0n) is 14.3. The molecule has 0 unspecified atom stereocenters. The van der Waals surface area contributed by atoms with Crippen LogP contribution in [-0.4, -0.2) is 12.6 Å². The molecule has 128 valence electrons. The van der Waals surface area contributed by atoms with Gasteiger partial charge in [0.1, 0.15) is 0 Å². The third kappa shape index (κ3) is 19.9.